The van der Waals surface area contributed by atoms with E-state index in [0.717, 1.165) is 22.6 Å². The van der Waals surface area contributed by atoms with E-state index in [1.165, 1.54) is 12.8 Å². The van der Waals surface area contributed by atoms with E-state index in [1.54, 1.807) is 0 Å². The Balaban J connectivity index is 2.44. The van der Waals surface area contributed by atoms with Crippen LogP contribution in [0.15, 0.2) is 6.07 Å². The largest absolute Gasteiger partial charge is 0.389 e. The lowest BCUT2D eigenvalue weighted by Crippen LogP contribution is -2.22. The molecule has 0 unspecified atom stereocenters. The highest BCUT2D eigenvalue weighted by Crippen LogP contribution is 2.38. The van der Waals surface area contributed by atoms with Crippen LogP contribution in [0.3, 0.4) is 0 Å². The summed E-state index contributed by atoms with van der Waals surface area (Å²) in [5.74, 6) is 0.838. The molecule has 0 radical (unpaired) electrons. The van der Waals surface area contributed by atoms with Crippen molar-refractivity contribution < 1.29 is 0 Å². The summed E-state index contributed by atoms with van der Waals surface area (Å²) in [7, 11) is 0. The molecule has 16 heavy (non-hydrogen) atoms. The standard InChI is InChI=1S/C12H17N3S/c1-7-6-8(2)14-11(9(7)10(13)16)15-12(3)4-5-12/h6H,4-5H2,1-3H3,(H2,13,16)(H,14,15). The summed E-state index contributed by atoms with van der Waals surface area (Å²) in [5.41, 5.74) is 8.91. The van der Waals surface area contributed by atoms with Crippen LogP contribution in [0.1, 0.15) is 36.6 Å². The maximum absolute atomic E-state index is 5.76. The maximum Gasteiger partial charge on any atom is 0.137 e. The summed E-state index contributed by atoms with van der Waals surface area (Å²) in [6, 6.07) is 2.01. The number of aromatic nitrogens is 1. The Morgan fingerprint density at radius 2 is 2.12 bits per heavy atom. The fourth-order valence-corrected chi connectivity index (χ4v) is 2.09. The quantitative estimate of drug-likeness (QED) is 0.789. The molecule has 3 nitrogen and oxygen atoms in total. The number of hydrogen-bond acceptors (Lipinski definition) is 3. The van der Waals surface area contributed by atoms with Crippen molar-refractivity contribution in [2.75, 3.05) is 5.32 Å². The van der Waals surface area contributed by atoms with Gasteiger partial charge >= 0.3 is 0 Å². The van der Waals surface area contributed by atoms with Crippen LogP contribution in [-0.2, 0) is 0 Å². The van der Waals surface area contributed by atoms with E-state index in [2.05, 4.69) is 17.2 Å². The lowest BCUT2D eigenvalue weighted by atomic mass is 10.1. The van der Waals surface area contributed by atoms with Crippen molar-refractivity contribution in [2.45, 2.75) is 39.2 Å². The summed E-state index contributed by atoms with van der Waals surface area (Å²) >= 11 is 5.09. The van der Waals surface area contributed by atoms with Crippen LogP contribution in [0, 0.1) is 13.8 Å². The molecular formula is C12H17N3S. The van der Waals surface area contributed by atoms with Crippen molar-refractivity contribution in [1.29, 1.82) is 0 Å². The van der Waals surface area contributed by atoms with Crippen molar-refractivity contribution in [3.05, 3.63) is 22.9 Å². The maximum atomic E-state index is 5.76. The summed E-state index contributed by atoms with van der Waals surface area (Å²) in [4.78, 5) is 4.92. The first kappa shape index (κ1) is 11.3. The Bertz CT molecular complexity index is 450. The van der Waals surface area contributed by atoms with E-state index in [4.69, 9.17) is 18.0 Å². The molecule has 0 spiro atoms. The number of pyridine rings is 1. The van der Waals surface area contributed by atoms with Crippen molar-refractivity contribution in [2.24, 2.45) is 5.73 Å². The molecule has 2 rings (SSSR count). The SMILES string of the molecule is Cc1cc(C)c(C(N)=S)c(NC2(C)CC2)n1. The topological polar surface area (TPSA) is 50.9 Å². The predicted octanol–water partition coefficient (Wildman–Crippen LogP) is 2.30. The molecule has 0 amide bonds. The monoisotopic (exact) mass is 235 g/mol. The van der Waals surface area contributed by atoms with Gasteiger partial charge < -0.3 is 11.1 Å². The van der Waals surface area contributed by atoms with Crippen LogP contribution in [0.4, 0.5) is 5.82 Å². The molecule has 4 heteroatoms. The molecule has 1 saturated carbocycles. The van der Waals surface area contributed by atoms with Crippen molar-refractivity contribution >= 4 is 23.0 Å². The molecule has 0 bridgehead atoms. The van der Waals surface area contributed by atoms with Crippen LogP contribution in [-0.4, -0.2) is 15.5 Å². The third-order valence-electron chi connectivity index (χ3n) is 3.01. The molecule has 3 N–H and O–H groups in total. The average molecular weight is 235 g/mol. The zero-order chi connectivity index (χ0) is 11.9. The highest BCUT2D eigenvalue weighted by atomic mass is 32.1. The Kier molecular flexibility index (Phi) is 2.62. The molecule has 1 fully saturated rings. The zero-order valence-corrected chi connectivity index (χ0v) is 10.7. The van der Waals surface area contributed by atoms with Gasteiger partial charge in [-0.05, 0) is 45.2 Å². The Hall–Kier alpha value is -1.16. The van der Waals surface area contributed by atoms with E-state index in [-0.39, 0.29) is 5.54 Å². The molecule has 1 aliphatic carbocycles. The Morgan fingerprint density at radius 3 is 2.62 bits per heavy atom. The third-order valence-corrected chi connectivity index (χ3v) is 3.22. The van der Waals surface area contributed by atoms with Gasteiger partial charge in [0.1, 0.15) is 10.8 Å². The second-order valence-corrected chi connectivity index (χ2v) is 5.29. The van der Waals surface area contributed by atoms with Crippen LogP contribution < -0.4 is 11.1 Å². The smallest absolute Gasteiger partial charge is 0.137 e. The lowest BCUT2D eigenvalue weighted by Gasteiger charge is -2.17. The molecule has 1 aliphatic rings. The van der Waals surface area contributed by atoms with Gasteiger partial charge in [-0.15, -0.1) is 0 Å². The lowest BCUT2D eigenvalue weighted by molar-refractivity contribution is 0.818. The highest BCUT2D eigenvalue weighted by Gasteiger charge is 2.38. The number of thiocarbonyl (C=S) groups is 1. The Morgan fingerprint density at radius 1 is 1.50 bits per heavy atom. The molecule has 1 heterocycles. The van der Waals surface area contributed by atoms with Gasteiger partial charge in [0.2, 0.25) is 0 Å². The predicted molar refractivity (Wildman–Crippen MR) is 70.9 cm³/mol. The van der Waals surface area contributed by atoms with E-state index in [0.29, 0.717) is 4.99 Å². The molecular weight excluding hydrogens is 218 g/mol. The van der Waals surface area contributed by atoms with Gasteiger partial charge in [0.05, 0.1) is 5.56 Å². The molecule has 1 aromatic heterocycles. The number of nitrogens with one attached hydrogen (secondary N) is 1. The zero-order valence-electron chi connectivity index (χ0n) is 9.92. The van der Waals surface area contributed by atoms with E-state index < -0.39 is 0 Å². The van der Waals surface area contributed by atoms with Crippen LogP contribution in [0.25, 0.3) is 0 Å². The number of hydrogen-bond donors (Lipinski definition) is 2. The summed E-state index contributed by atoms with van der Waals surface area (Å²) < 4.78 is 0. The minimum absolute atomic E-state index is 0.187. The van der Waals surface area contributed by atoms with Gasteiger partial charge in [0.15, 0.2) is 0 Å². The number of rotatable bonds is 3. The van der Waals surface area contributed by atoms with Crippen molar-refractivity contribution in [1.82, 2.24) is 4.98 Å². The van der Waals surface area contributed by atoms with E-state index >= 15 is 0 Å². The highest BCUT2D eigenvalue weighted by molar-refractivity contribution is 7.80. The minimum atomic E-state index is 0.187. The number of aryl methyl sites for hydroxylation is 2. The van der Waals surface area contributed by atoms with Crippen LogP contribution >= 0.6 is 12.2 Å². The normalized spacial score (nSPS) is 16.9. The van der Waals surface area contributed by atoms with Crippen molar-refractivity contribution in [3.8, 4) is 0 Å². The minimum Gasteiger partial charge on any atom is -0.389 e. The van der Waals surface area contributed by atoms with Gasteiger partial charge in [0.25, 0.3) is 0 Å². The molecule has 0 aromatic carbocycles. The van der Waals surface area contributed by atoms with Crippen LogP contribution in [0.5, 0.6) is 0 Å². The summed E-state index contributed by atoms with van der Waals surface area (Å²) in [5, 5.41) is 3.45. The number of nitrogens with two attached hydrogens (primary N) is 1. The summed E-state index contributed by atoms with van der Waals surface area (Å²) in [6.07, 6.45) is 2.36. The van der Waals surface area contributed by atoms with Gasteiger partial charge in [-0.25, -0.2) is 4.98 Å². The fraction of sp³-hybridized carbons (Fsp3) is 0.500. The van der Waals surface area contributed by atoms with Gasteiger partial charge in [-0.1, -0.05) is 12.2 Å². The van der Waals surface area contributed by atoms with E-state index in [9.17, 15) is 0 Å². The fourth-order valence-electron chi connectivity index (χ4n) is 1.84. The summed E-state index contributed by atoms with van der Waals surface area (Å²) in [6.45, 7) is 6.19. The molecule has 1 aromatic rings. The first-order valence-corrected chi connectivity index (χ1v) is 5.88. The number of nitrogens with zero attached hydrogens (tertiary/aromatic N) is 1. The van der Waals surface area contributed by atoms with Gasteiger partial charge in [0, 0.05) is 11.2 Å². The van der Waals surface area contributed by atoms with Crippen molar-refractivity contribution in [3.63, 3.8) is 0 Å². The van der Waals surface area contributed by atoms with E-state index in [1.807, 2.05) is 19.9 Å². The second kappa shape index (κ2) is 3.70. The first-order valence-electron chi connectivity index (χ1n) is 5.47. The molecule has 0 aliphatic heterocycles. The molecule has 0 saturated heterocycles. The van der Waals surface area contributed by atoms with Gasteiger partial charge in [-0.3, -0.25) is 0 Å². The second-order valence-electron chi connectivity index (χ2n) is 4.85. The van der Waals surface area contributed by atoms with Gasteiger partial charge in [-0.2, -0.15) is 0 Å². The third kappa shape index (κ3) is 2.16. The first-order chi connectivity index (χ1) is 7.41. The Labute approximate surface area is 101 Å². The molecule has 86 valence electrons. The molecule has 0 atom stereocenters. The number of anilines is 1. The van der Waals surface area contributed by atoms with Crippen LogP contribution in [0.2, 0.25) is 0 Å². The average Bonchev–Trinajstić information content (AvgIpc) is 2.80.